The van der Waals surface area contributed by atoms with Gasteiger partial charge in [0.25, 0.3) is 0 Å². The van der Waals surface area contributed by atoms with E-state index in [4.69, 9.17) is 10.5 Å². The molecule has 3 rings (SSSR count). The highest BCUT2D eigenvalue weighted by Gasteiger charge is 2.34. The standard InChI is InChI=1S/C18H18F3N5O2/c1-17(2,3)28-16(27)25-13-9-26-8-10(4-5-14(26)24-13)11-6-12(18(19,20)21)15(22)23-7-11/h4-9H,1-3H3,(H2,22,23)(H,25,27). The number of amides is 1. The molecule has 148 valence electrons. The molecule has 0 aliphatic rings. The zero-order valence-electron chi connectivity index (χ0n) is 15.3. The number of anilines is 2. The SMILES string of the molecule is CC(C)(C)OC(=O)Nc1cn2cc(-c3cnc(N)c(C(F)(F)F)c3)ccc2n1. The average molecular weight is 393 g/mol. The molecule has 3 aromatic rings. The number of hydrogen-bond donors (Lipinski definition) is 2. The lowest BCUT2D eigenvalue weighted by Crippen LogP contribution is -2.27. The summed E-state index contributed by atoms with van der Waals surface area (Å²) in [5, 5.41) is 2.51. The van der Waals surface area contributed by atoms with Crippen molar-refractivity contribution in [2.24, 2.45) is 0 Å². The molecule has 7 nitrogen and oxygen atoms in total. The first-order valence-corrected chi connectivity index (χ1v) is 8.24. The van der Waals surface area contributed by atoms with Crippen LogP contribution in [-0.2, 0) is 10.9 Å². The van der Waals surface area contributed by atoms with Gasteiger partial charge < -0.3 is 14.9 Å². The van der Waals surface area contributed by atoms with Gasteiger partial charge in [0.15, 0.2) is 5.82 Å². The zero-order chi connectivity index (χ0) is 20.7. The van der Waals surface area contributed by atoms with Crippen LogP contribution in [0.3, 0.4) is 0 Å². The van der Waals surface area contributed by atoms with E-state index in [2.05, 4.69) is 15.3 Å². The van der Waals surface area contributed by atoms with Crippen LogP contribution in [0.25, 0.3) is 16.8 Å². The first-order valence-electron chi connectivity index (χ1n) is 8.24. The normalized spacial score (nSPS) is 12.2. The molecule has 0 saturated carbocycles. The molecular weight excluding hydrogens is 375 g/mol. The summed E-state index contributed by atoms with van der Waals surface area (Å²) in [6.45, 7) is 5.20. The molecule has 0 radical (unpaired) electrons. The molecule has 0 fully saturated rings. The first-order chi connectivity index (χ1) is 12.9. The zero-order valence-corrected chi connectivity index (χ0v) is 15.3. The number of pyridine rings is 2. The highest BCUT2D eigenvalue weighted by Crippen LogP contribution is 2.35. The van der Waals surface area contributed by atoms with Crippen molar-refractivity contribution >= 4 is 23.4 Å². The summed E-state index contributed by atoms with van der Waals surface area (Å²) in [4.78, 5) is 19.7. The Morgan fingerprint density at radius 1 is 1.18 bits per heavy atom. The van der Waals surface area contributed by atoms with Crippen LogP contribution in [0.2, 0.25) is 0 Å². The maximum atomic E-state index is 13.1. The van der Waals surface area contributed by atoms with E-state index in [1.54, 1.807) is 43.5 Å². The third-order valence-electron chi connectivity index (χ3n) is 3.64. The number of ether oxygens (including phenoxy) is 1. The molecule has 3 aromatic heterocycles. The van der Waals surface area contributed by atoms with Crippen molar-refractivity contribution in [3.05, 3.63) is 42.4 Å². The average Bonchev–Trinajstić information content (AvgIpc) is 2.93. The fourth-order valence-corrected chi connectivity index (χ4v) is 2.49. The Labute approximate surface area is 158 Å². The Kier molecular flexibility index (Phi) is 4.66. The monoisotopic (exact) mass is 393 g/mol. The van der Waals surface area contributed by atoms with Crippen LogP contribution >= 0.6 is 0 Å². The van der Waals surface area contributed by atoms with Crippen LogP contribution in [-0.4, -0.2) is 26.1 Å². The lowest BCUT2D eigenvalue weighted by molar-refractivity contribution is -0.137. The first kappa shape index (κ1) is 19.5. The number of hydrogen-bond acceptors (Lipinski definition) is 5. The topological polar surface area (TPSA) is 94.5 Å². The molecule has 0 aromatic carbocycles. The van der Waals surface area contributed by atoms with Crippen molar-refractivity contribution in [1.82, 2.24) is 14.4 Å². The third-order valence-corrected chi connectivity index (χ3v) is 3.64. The fraction of sp³-hybridized carbons (Fsp3) is 0.278. The van der Waals surface area contributed by atoms with E-state index < -0.39 is 29.3 Å². The van der Waals surface area contributed by atoms with Gasteiger partial charge in [-0.15, -0.1) is 0 Å². The fourth-order valence-electron chi connectivity index (χ4n) is 2.49. The highest BCUT2D eigenvalue weighted by atomic mass is 19.4. The van der Waals surface area contributed by atoms with Crippen LogP contribution in [0.5, 0.6) is 0 Å². The van der Waals surface area contributed by atoms with E-state index in [-0.39, 0.29) is 11.4 Å². The molecule has 0 bridgehead atoms. The molecule has 0 saturated heterocycles. The van der Waals surface area contributed by atoms with E-state index >= 15 is 0 Å². The van der Waals surface area contributed by atoms with Crippen molar-refractivity contribution in [3.63, 3.8) is 0 Å². The predicted molar refractivity (Wildman–Crippen MR) is 97.7 cm³/mol. The number of nitrogens with zero attached hydrogens (tertiary/aromatic N) is 3. The Bertz CT molecular complexity index is 1040. The second kappa shape index (κ2) is 6.70. The van der Waals surface area contributed by atoms with Gasteiger partial charge in [-0.2, -0.15) is 13.2 Å². The molecule has 10 heteroatoms. The van der Waals surface area contributed by atoms with Gasteiger partial charge in [0.1, 0.15) is 17.1 Å². The van der Waals surface area contributed by atoms with Crippen LogP contribution in [0.4, 0.5) is 29.6 Å². The minimum Gasteiger partial charge on any atom is -0.444 e. The summed E-state index contributed by atoms with van der Waals surface area (Å²) < 4.78 is 45.9. The minimum absolute atomic E-state index is 0.248. The van der Waals surface area contributed by atoms with Crippen molar-refractivity contribution in [1.29, 1.82) is 0 Å². The number of carbonyl (C=O) groups excluding carboxylic acids is 1. The summed E-state index contributed by atoms with van der Waals surface area (Å²) in [6, 6.07) is 4.16. The summed E-state index contributed by atoms with van der Waals surface area (Å²) >= 11 is 0. The molecule has 0 unspecified atom stereocenters. The molecule has 1 amide bonds. The Morgan fingerprint density at radius 2 is 1.89 bits per heavy atom. The van der Waals surface area contributed by atoms with Crippen LogP contribution in [0.1, 0.15) is 26.3 Å². The summed E-state index contributed by atoms with van der Waals surface area (Å²) in [5.74, 6) is -0.332. The maximum absolute atomic E-state index is 13.1. The van der Waals surface area contributed by atoms with E-state index in [9.17, 15) is 18.0 Å². The van der Waals surface area contributed by atoms with Gasteiger partial charge in [-0.3, -0.25) is 5.32 Å². The maximum Gasteiger partial charge on any atom is 0.419 e. The summed E-state index contributed by atoms with van der Waals surface area (Å²) in [5.41, 5.74) is 4.91. The molecule has 0 aliphatic heterocycles. The smallest absolute Gasteiger partial charge is 0.419 e. The number of carbonyl (C=O) groups is 1. The lowest BCUT2D eigenvalue weighted by Gasteiger charge is -2.18. The molecule has 3 N–H and O–H groups in total. The largest absolute Gasteiger partial charge is 0.444 e. The van der Waals surface area contributed by atoms with Gasteiger partial charge in [0.05, 0.1) is 11.8 Å². The third kappa shape index (κ3) is 4.33. The number of nitrogens with two attached hydrogens (primary N) is 1. The highest BCUT2D eigenvalue weighted by molar-refractivity contribution is 5.84. The second-order valence-electron chi connectivity index (χ2n) is 7.09. The van der Waals surface area contributed by atoms with Crippen molar-refractivity contribution in [2.45, 2.75) is 32.5 Å². The van der Waals surface area contributed by atoms with Crippen molar-refractivity contribution in [3.8, 4) is 11.1 Å². The number of imidazole rings is 1. The number of alkyl halides is 3. The van der Waals surface area contributed by atoms with E-state index in [1.807, 2.05) is 0 Å². The van der Waals surface area contributed by atoms with Gasteiger partial charge in [-0.25, -0.2) is 14.8 Å². The molecule has 28 heavy (non-hydrogen) atoms. The number of nitrogen functional groups attached to an aromatic ring is 1. The van der Waals surface area contributed by atoms with Crippen LogP contribution in [0, 0.1) is 0 Å². The number of nitrogens with one attached hydrogen (secondary N) is 1. The Hall–Kier alpha value is -3.30. The van der Waals surface area contributed by atoms with Gasteiger partial charge >= 0.3 is 12.3 Å². The number of halogens is 3. The molecule has 0 aliphatic carbocycles. The van der Waals surface area contributed by atoms with Gasteiger partial charge in [0.2, 0.25) is 0 Å². The number of rotatable bonds is 2. The van der Waals surface area contributed by atoms with E-state index in [0.29, 0.717) is 11.2 Å². The quantitative estimate of drug-likeness (QED) is 0.675. The van der Waals surface area contributed by atoms with Crippen molar-refractivity contribution < 1.29 is 22.7 Å². The predicted octanol–water partition coefficient (Wildman–Crippen LogP) is 4.34. The minimum atomic E-state index is -4.60. The van der Waals surface area contributed by atoms with E-state index in [1.165, 1.54) is 12.4 Å². The lowest BCUT2D eigenvalue weighted by atomic mass is 10.1. The second-order valence-corrected chi connectivity index (χ2v) is 7.09. The van der Waals surface area contributed by atoms with E-state index in [0.717, 1.165) is 6.07 Å². The Balaban J connectivity index is 1.90. The van der Waals surface area contributed by atoms with Crippen LogP contribution in [0.15, 0.2) is 36.8 Å². The summed E-state index contributed by atoms with van der Waals surface area (Å²) in [6.07, 6.45) is -0.887. The van der Waals surface area contributed by atoms with Gasteiger partial charge in [0, 0.05) is 23.5 Å². The van der Waals surface area contributed by atoms with Crippen molar-refractivity contribution in [2.75, 3.05) is 11.1 Å². The molecular formula is C18H18F3N5O2. The Morgan fingerprint density at radius 3 is 2.54 bits per heavy atom. The molecule has 0 atom stereocenters. The molecule has 3 heterocycles. The van der Waals surface area contributed by atoms with Gasteiger partial charge in [-0.1, -0.05) is 0 Å². The molecule has 0 spiro atoms. The number of aromatic nitrogens is 3. The van der Waals surface area contributed by atoms with Gasteiger partial charge in [-0.05, 0) is 39.0 Å². The van der Waals surface area contributed by atoms with Crippen LogP contribution < -0.4 is 11.1 Å². The number of fused-ring (bicyclic) bond motifs is 1. The summed E-state index contributed by atoms with van der Waals surface area (Å²) in [7, 11) is 0.